The molecule has 0 aliphatic heterocycles. The lowest BCUT2D eigenvalue weighted by Gasteiger charge is -2.19. The summed E-state index contributed by atoms with van der Waals surface area (Å²) >= 11 is 7.33. The van der Waals surface area contributed by atoms with Gasteiger partial charge in [-0.2, -0.15) is 10.2 Å². The number of amides is 1. The second-order valence-corrected chi connectivity index (χ2v) is 12.4. The lowest BCUT2D eigenvalue weighted by Crippen LogP contribution is -2.28. The Morgan fingerprint density at radius 3 is 2.53 bits per heavy atom. The predicted molar refractivity (Wildman–Crippen MR) is 175 cm³/mol. The molecule has 1 amide bonds. The Morgan fingerprint density at radius 2 is 1.84 bits per heavy atom. The monoisotopic (exact) mass is 648 g/mol. The number of hydrogen-bond acceptors (Lipinski definition) is 11. The molecule has 4 rings (SSSR count). The number of nitrogens with one attached hydrogen (secondary N) is 1. The normalized spacial score (nSPS) is 11.5. The van der Waals surface area contributed by atoms with Crippen LogP contribution >= 0.6 is 22.9 Å². The average molecular weight is 649 g/mol. The standard InChI is InChI=1S/C32H33ClN6O5S/c1-32(2,3)44-29(40)23(17-34)14-25-13-22-9-10-24(15-26(22)45-25)39(4)11-12-42-31(41)36-18-20-5-7-21(8-6-20)19-43-28-16-27(33)37-30(35)38-28/h5-10,13-16H,11-12,18-19H2,1-4H3,(H,36,41)(H2,35,37,38)/b23-14+. The van der Waals surface area contributed by atoms with Crippen LogP contribution in [0.1, 0.15) is 36.8 Å². The van der Waals surface area contributed by atoms with Crippen LogP contribution < -0.4 is 20.7 Å². The molecule has 2 aromatic carbocycles. The van der Waals surface area contributed by atoms with E-state index < -0.39 is 17.7 Å². The third kappa shape index (κ3) is 10.1. The van der Waals surface area contributed by atoms with Gasteiger partial charge in [0.2, 0.25) is 11.8 Å². The molecule has 13 heteroatoms. The maximum absolute atomic E-state index is 12.3. The van der Waals surface area contributed by atoms with Crippen LogP contribution in [0.4, 0.5) is 16.4 Å². The molecule has 0 unspecified atom stereocenters. The van der Waals surface area contributed by atoms with E-state index in [1.807, 2.05) is 66.5 Å². The number of aromatic nitrogens is 2. The van der Waals surface area contributed by atoms with Gasteiger partial charge < -0.3 is 30.2 Å². The highest BCUT2D eigenvalue weighted by molar-refractivity contribution is 7.19. The quantitative estimate of drug-likeness (QED) is 0.0842. The van der Waals surface area contributed by atoms with E-state index >= 15 is 0 Å². The van der Waals surface area contributed by atoms with Crippen molar-refractivity contribution in [2.45, 2.75) is 39.5 Å². The molecule has 0 fully saturated rings. The van der Waals surface area contributed by atoms with Crippen LogP contribution in [0.5, 0.6) is 5.88 Å². The first-order valence-corrected chi connectivity index (χ1v) is 15.1. The summed E-state index contributed by atoms with van der Waals surface area (Å²) < 4.78 is 17.3. The fraction of sp³-hybridized carbons (Fsp3) is 0.281. The van der Waals surface area contributed by atoms with E-state index in [0.29, 0.717) is 13.1 Å². The zero-order valence-electron chi connectivity index (χ0n) is 25.3. The number of nitrogens with zero attached hydrogens (tertiary/aromatic N) is 4. The van der Waals surface area contributed by atoms with E-state index in [-0.39, 0.29) is 35.8 Å². The highest BCUT2D eigenvalue weighted by Gasteiger charge is 2.20. The maximum Gasteiger partial charge on any atom is 0.407 e. The summed E-state index contributed by atoms with van der Waals surface area (Å²) in [4.78, 5) is 35.1. The zero-order chi connectivity index (χ0) is 32.6. The lowest BCUT2D eigenvalue weighted by atomic mass is 10.1. The maximum atomic E-state index is 12.3. The summed E-state index contributed by atoms with van der Waals surface area (Å²) in [6.07, 6.45) is 1.03. The predicted octanol–water partition coefficient (Wildman–Crippen LogP) is 6.12. The molecule has 0 atom stereocenters. The molecule has 0 saturated heterocycles. The summed E-state index contributed by atoms with van der Waals surface area (Å²) in [7, 11) is 1.91. The summed E-state index contributed by atoms with van der Waals surface area (Å²) in [5, 5.41) is 13.4. The number of anilines is 2. The number of carbonyl (C=O) groups is 2. The summed E-state index contributed by atoms with van der Waals surface area (Å²) in [6.45, 7) is 6.51. The number of halogens is 1. The largest absolute Gasteiger partial charge is 0.473 e. The van der Waals surface area contributed by atoms with Crippen molar-refractivity contribution in [3.63, 3.8) is 0 Å². The topological polar surface area (TPSA) is 153 Å². The number of thiophene rings is 1. The van der Waals surface area contributed by atoms with Gasteiger partial charge in [0.15, 0.2) is 0 Å². The minimum atomic E-state index is -0.688. The van der Waals surface area contributed by atoms with Gasteiger partial charge in [0.25, 0.3) is 0 Å². The second kappa shape index (κ2) is 14.7. The van der Waals surface area contributed by atoms with Crippen molar-refractivity contribution in [1.29, 1.82) is 5.26 Å². The van der Waals surface area contributed by atoms with Crippen molar-refractivity contribution in [2.24, 2.45) is 0 Å². The molecule has 45 heavy (non-hydrogen) atoms. The molecular weight excluding hydrogens is 616 g/mol. The number of likely N-dealkylation sites (N-methyl/N-ethyl adjacent to an activating group) is 1. The zero-order valence-corrected chi connectivity index (χ0v) is 26.9. The summed E-state index contributed by atoms with van der Waals surface area (Å²) in [5.74, 6) is -0.327. The number of esters is 1. The van der Waals surface area contributed by atoms with Crippen molar-refractivity contribution < 1.29 is 23.8 Å². The van der Waals surface area contributed by atoms with Crippen LogP contribution in [0, 0.1) is 11.3 Å². The lowest BCUT2D eigenvalue weighted by molar-refractivity contribution is -0.149. The van der Waals surface area contributed by atoms with Gasteiger partial charge in [0.1, 0.15) is 35.6 Å². The average Bonchev–Trinajstić information content (AvgIpc) is 3.38. The van der Waals surface area contributed by atoms with E-state index in [1.165, 1.54) is 17.4 Å². The molecule has 0 aliphatic rings. The van der Waals surface area contributed by atoms with E-state index in [1.54, 1.807) is 26.8 Å². The van der Waals surface area contributed by atoms with Crippen molar-refractivity contribution in [3.05, 3.63) is 81.3 Å². The SMILES string of the molecule is CN(CCOC(=O)NCc1ccc(COc2cc(Cl)nc(N)n2)cc1)c1ccc2cc(/C=C(\C#N)C(=O)OC(C)(C)C)sc2c1. The van der Waals surface area contributed by atoms with Gasteiger partial charge in [0.05, 0.1) is 6.54 Å². The molecule has 234 valence electrons. The highest BCUT2D eigenvalue weighted by atomic mass is 35.5. The molecule has 11 nitrogen and oxygen atoms in total. The smallest absolute Gasteiger partial charge is 0.407 e. The number of benzene rings is 2. The van der Waals surface area contributed by atoms with Gasteiger partial charge in [-0.25, -0.2) is 14.6 Å². The molecule has 0 bridgehead atoms. The van der Waals surface area contributed by atoms with Gasteiger partial charge >= 0.3 is 12.1 Å². The number of carbonyl (C=O) groups excluding carboxylic acids is 2. The molecule has 2 heterocycles. The van der Waals surface area contributed by atoms with E-state index in [2.05, 4.69) is 15.3 Å². The molecule has 3 N–H and O–H groups in total. The Balaban J connectivity index is 1.22. The van der Waals surface area contributed by atoms with Crippen molar-refractivity contribution >= 4 is 62.8 Å². The van der Waals surface area contributed by atoms with Crippen LogP contribution in [0.15, 0.2) is 60.2 Å². The third-order valence-corrected chi connectivity index (χ3v) is 7.42. The first kappa shape index (κ1) is 33.0. The summed E-state index contributed by atoms with van der Waals surface area (Å²) in [5.41, 5.74) is 7.57. The second-order valence-electron chi connectivity index (χ2n) is 10.9. The number of nitrogens with two attached hydrogens (primary N) is 1. The number of nitrogen functional groups attached to an aromatic ring is 1. The Hall–Kier alpha value is -4.86. The van der Waals surface area contributed by atoms with Crippen LogP contribution in [-0.4, -0.2) is 47.8 Å². The van der Waals surface area contributed by atoms with Crippen molar-refractivity contribution in [1.82, 2.24) is 15.3 Å². The Bertz CT molecular complexity index is 1720. The molecular formula is C32H33ClN6O5S. The fourth-order valence-corrected chi connectivity index (χ4v) is 5.21. The fourth-order valence-electron chi connectivity index (χ4n) is 3.99. The molecule has 0 saturated carbocycles. The van der Waals surface area contributed by atoms with Crippen LogP contribution in [0.25, 0.3) is 16.2 Å². The van der Waals surface area contributed by atoms with Crippen LogP contribution in [0.2, 0.25) is 5.15 Å². The van der Waals surface area contributed by atoms with Gasteiger partial charge in [0, 0.05) is 34.9 Å². The number of rotatable bonds is 11. The minimum absolute atomic E-state index is 0.0372. The Kier molecular flexibility index (Phi) is 10.8. The van der Waals surface area contributed by atoms with Crippen molar-refractivity contribution in [3.8, 4) is 11.9 Å². The van der Waals surface area contributed by atoms with Crippen molar-refractivity contribution in [2.75, 3.05) is 30.8 Å². The van der Waals surface area contributed by atoms with Crippen LogP contribution in [0.3, 0.4) is 0 Å². The van der Waals surface area contributed by atoms with E-state index in [4.69, 9.17) is 31.5 Å². The van der Waals surface area contributed by atoms with Gasteiger partial charge in [-0.15, -0.1) is 11.3 Å². The molecule has 0 radical (unpaired) electrons. The van der Waals surface area contributed by atoms with Gasteiger partial charge in [-0.3, -0.25) is 0 Å². The minimum Gasteiger partial charge on any atom is -0.473 e. The van der Waals surface area contributed by atoms with E-state index in [0.717, 1.165) is 31.8 Å². The Labute approximate surface area is 270 Å². The van der Waals surface area contributed by atoms with Gasteiger partial charge in [-0.05, 0) is 61.6 Å². The highest BCUT2D eigenvalue weighted by Crippen LogP contribution is 2.31. The molecule has 2 aromatic heterocycles. The number of fused-ring (bicyclic) bond motifs is 1. The number of nitriles is 1. The molecule has 0 aliphatic carbocycles. The first-order valence-electron chi connectivity index (χ1n) is 13.9. The number of hydrogen-bond donors (Lipinski definition) is 2. The van der Waals surface area contributed by atoms with Gasteiger partial charge in [-0.1, -0.05) is 41.9 Å². The third-order valence-electron chi connectivity index (χ3n) is 6.18. The molecule has 0 spiro atoms. The Morgan fingerprint density at radius 1 is 1.11 bits per heavy atom. The first-order chi connectivity index (χ1) is 21.4. The van der Waals surface area contributed by atoms with Crippen LogP contribution in [-0.2, 0) is 27.4 Å². The summed E-state index contributed by atoms with van der Waals surface area (Å²) in [6, 6.07) is 18.8. The number of alkyl carbamates (subject to hydrolysis) is 1. The molecule has 4 aromatic rings. The number of ether oxygens (including phenoxy) is 3. The van der Waals surface area contributed by atoms with E-state index in [9.17, 15) is 14.9 Å².